The van der Waals surface area contributed by atoms with Gasteiger partial charge in [0.05, 0.1) is 17.1 Å². The van der Waals surface area contributed by atoms with Crippen molar-refractivity contribution in [3.05, 3.63) is 212 Å². The standard InChI is InChI=1S/C54H35NO/c1-2-13-36(14-3-1)42-30-31-49(48(35-42)43-27-25-37-15-4-6-18-40(37)33-43)55(51-23-12-22-47-46-21-10-11-24-52(46)56-54(47)51)50-32-29-39-17-8-9-20-45(39)53(50)44-28-26-38-16-5-7-19-41(38)34-44/h1-35H. The number of anilines is 3. The molecule has 2 nitrogen and oxygen atoms in total. The second-order valence-corrected chi connectivity index (χ2v) is 14.5. The van der Waals surface area contributed by atoms with Crippen molar-refractivity contribution in [1.82, 2.24) is 0 Å². The number of hydrogen-bond donors (Lipinski definition) is 0. The zero-order valence-electron chi connectivity index (χ0n) is 30.6. The van der Waals surface area contributed by atoms with Crippen LogP contribution in [0.1, 0.15) is 0 Å². The van der Waals surface area contributed by atoms with Gasteiger partial charge in [-0.15, -0.1) is 0 Å². The Labute approximate surface area is 325 Å². The van der Waals surface area contributed by atoms with Gasteiger partial charge in [-0.2, -0.15) is 0 Å². The third kappa shape index (κ3) is 5.34. The molecule has 2 heteroatoms. The van der Waals surface area contributed by atoms with Crippen molar-refractivity contribution in [1.29, 1.82) is 0 Å². The summed E-state index contributed by atoms with van der Waals surface area (Å²) >= 11 is 0. The van der Waals surface area contributed by atoms with E-state index in [-0.39, 0.29) is 0 Å². The van der Waals surface area contributed by atoms with E-state index >= 15 is 0 Å². The molecule has 10 aromatic carbocycles. The van der Waals surface area contributed by atoms with Crippen molar-refractivity contribution >= 4 is 71.3 Å². The summed E-state index contributed by atoms with van der Waals surface area (Å²) in [6, 6.07) is 76.7. The molecule has 0 unspecified atom stereocenters. The second kappa shape index (κ2) is 13.2. The van der Waals surface area contributed by atoms with Gasteiger partial charge in [-0.05, 0) is 97.0 Å². The quantitative estimate of drug-likeness (QED) is 0.171. The van der Waals surface area contributed by atoms with Crippen LogP contribution in [0.25, 0.3) is 87.6 Å². The van der Waals surface area contributed by atoms with Crippen LogP contribution in [0.4, 0.5) is 17.1 Å². The SMILES string of the molecule is c1ccc(-c2ccc(N(c3ccc4ccccc4c3-c3ccc4ccccc4c3)c3cccc4c3oc3ccccc34)c(-c3ccc4ccccc4c3)c2)cc1. The Bertz CT molecular complexity index is 3270. The van der Waals surface area contributed by atoms with Crippen LogP contribution in [0.2, 0.25) is 0 Å². The van der Waals surface area contributed by atoms with Gasteiger partial charge < -0.3 is 9.32 Å². The first kappa shape index (κ1) is 32.0. The summed E-state index contributed by atoms with van der Waals surface area (Å²) in [4.78, 5) is 2.45. The number of para-hydroxylation sites is 2. The molecule has 0 radical (unpaired) electrons. The molecule has 1 aromatic heterocycles. The van der Waals surface area contributed by atoms with E-state index in [4.69, 9.17) is 4.42 Å². The summed E-state index contributed by atoms with van der Waals surface area (Å²) < 4.78 is 6.85. The van der Waals surface area contributed by atoms with Crippen molar-refractivity contribution < 1.29 is 4.42 Å². The van der Waals surface area contributed by atoms with Crippen molar-refractivity contribution in [3.63, 3.8) is 0 Å². The average molecular weight is 714 g/mol. The molecule has 0 aliphatic heterocycles. The number of hydrogen-bond acceptors (Lipinski definition) is 2. The Morgan fingerprint density at radius 2 is 0.875 bits per heavy atom. The molecule has 56 heavy (non-hydrogen) atoms. The lowest BCUT2D eigenvalue weighted by Crippen LogP contribution is -2.13. The Morgan fingerprint density at radius 1 is 0.304 bits per heavy atom. The lowest BCUT2D eigenvalue weighted by atomic mass is 9.92. The number of rotatable bonds is 6. The summed E-state index contributed by atoms with van der Waals surface area (Å²) in [5, 5.41) is 9.42. The van der Waals surface area contributed by atoms with E-state index in [9.17, 15) is 0 Å². The van der Waals surface area contributed by atoms with Crippen LogP contribution in [0.15, 0.2) is 217 Å². The summed E-state index contributed by atoms with van der Waals surface area (Å²) in [5.74, 6) is 0. The highest BCUT2D eigenvalue weighted by Crippen LogP contribution is 2.50. The first-order chi connectivity index (χ1) is 27.8. The van der Waals surface area contributed by atoms with E-state index in [0.29, 0.717) is 0 Å². The van der Waals surface area contributed by atoms with Gasteiger partial charge in [0.25, 0.3) is 0 Å². The fraction of sp³-hybridized carbons (Fsp3) is 0. The molecule has 0 saturated carbocycles. The van der Waals surface area contributed by atoms with Crippen LogP contribution in [-0.2, 0) is 0 Å². The van der Waals surface area contributed by atoms with Crippen molar-refractivity contribution in [2.75, 3.05) is 4.90 Å². The van der Waals surface area contributed by atoms with Crippen LogP contribution < -0.4 is 4.90 Å². The number of nitrogens with zero attached hydrogens (tertiary/aromatic N) is 1. The Balaban J connectivity index is 1.27. The van der Waals surface area contributed by atoms with E-state index < -0.39 is 0 Å². The molecule has 0 spiro atoms. The lowest BCUT2D eigenvalue weighted by Gasteiger charge is -2.31. The van der Waals surface area contributed by atoms with Crippen molar-refractivity contribution in [3.8, 4) is 33.4 Å². The van der Waals surface area contributed by atoms with Gasteiger partial charge in [0.2, 0.25) is 0 Å². The third-order valence-electron chi connectivity index (χ3n) is 11.2. The minimum Gasteiger partial charge on any atom is -0.454 e. The number of furan rings is 1. The maximum atomic E-state index is 6.85. The Morgan fingerprint density at radius 3 is 1.66 bits per heavy atom. The highest BCUT2D eigenvalue weighted by Gasteiger charge is 2.26. The normalized spacial score (nSPS) is 11.6. The molecule has 1 heterocycles. The van der Waals surface area contributed by atoms with E-state index in [2.05, 4.69) is 211 Å². The summed E-state index contributed by atoms with van der Waals surface area (Å²) in [6.07, 6.45) is 0. The van der Waals surface area contributed by atoms with Gasteiger partial charge in [0.15, 0.2) is 5.58 Å². The molecule has 0 saturated heterocycles. The molecule has 0 N–H and O–H groups in total. The molecule has 0 bridgehead atoms. The zero-order chi connectivity index (χ0) is 37.0. The van der Waals surface area contributed by atoms with E-state index in [1.807, 2.05) is 6.07 Å². The Hall–Kier alpha value is -7.42. The molecule has 262 valence electrons. The van der Waals surface area contributed by atoms with Gasteiger partial charge in [0, 0.05) is 21.9 Å². The van der Waals surface area contributed by atoms with Crippen LogP contribution in [0.3, 0.4) is 0 Å². The fourth-order valence-corrected chi connectivity index (χ4v) is 8.52. The first-order valence-electron chi connectivity index (χ1n) is 19.2. The average Bonchev–Trinajstić information content (AvgIpc) is 3.66. The topological polar surface area (TPSA) is 16.4 Å². The van der Waals surface area contributed by atoms with Crippen LogP contribution in [-0.4, -0.2) is 0 Å². The summed E-state index contributed by atoms with van der Waals surface area (Å²) in [5.41, 5.74) is 11.8. The molecular weight excluding hydrogens is 679 g/mol. The monoisotopic (exact) mass is 713 g/mol. The lowest BCUT2D eigenvalue weighted by molar-refractivity contribution is 0.669. The molecular formula is C54H35NO. The highest BCUT2D eigenvalue weighted by molar-refractivity contribution is 6.13. The first-order valence-corrected chi connectivity index (χ1v) is 19.2. The predicted molar refractivity (Wildman–Crippen MR) is 237 cm³/mol. The molecule has 0 amide bonds. The largest absolute Gasteiger partial charge is 0.454 e. The smallest absolute Gasteiger partial charge is 0.159 e. The number of benzene rings is 10. The molecule has 0 atom stereocenters. The number of fused-ring (bicyclic) bond motifs is 6. The van der Waals surface area contributed by atoms with Gasteiger partial charge in [-0.3, -0.25) is 0 Å². The van der Waals surface area contributed by atoms with Gasteiger partial charge in [0.1, 0.15) is 5.58 Å². The summed E-state index contributed by atoms with van der Waals surface area (Å²) in [7, 11) is 0. The maximum Gasteiger partial charge on any atom is 0.159 e. The fourth-order valence-electron chi connectivity index (χ4n) is 8.52. The van der Waals surface area contributed by atoms with Crippen LogP contribution in [0, 0.1) is 0 Å². The van der Waals surface area contributed by atoms with Crippen LogP contribution >= 0.6 is 0 Å². The molecule has 11 rings (SSSR count). The minimum atomic E-state index is 0.850. The van der Waals surface area contributed by atoms with Gasteiger partial charge in [-0.25, -0.2) is 0 Å². The van der Waals surface area contributed by atoms with E-state index in [0.717, 1.165) is 61.3 Å². The highest BCUT2D eigenvalue weighted by atomic mass is 16.3. The van der Waals surface area contributed by atoms with E-state index in [1.165, 1.54) is 43.4 Å². The van der Waals surface area contributed by atoms with Crippen molar-refractivity contribution in [2.45, 2.75) is 0 Å². The molecule has 0 aliphatic carbocycles. The van der Waals surface area contributed by atoms with Crippen molar-refractivity contribution in [2.24, 2.45) is 0 Å². The zero-order valence-corrected chi connectivity index (χ0v) is 30.6. The van der Waals surface area contributed by atoms with Gasteiger partial charge in [-0.1, -0.05) is 170 Å². The minimum absolute atomic E-state index is 0.850. The third-order valence-corrected chi connectivity index (χ3v) is 11.2. The molecule has 0 aliphatic rings. The summed E-state index contributed by atoms with van der Waals surface area (Å²) in [6.45, 7) is 0. The molecule has 11 aromatic rings. The predicted octanol–water partition coefficient (Wildman–Crippen LogP) is 15.5. The van der Waals surface area contributed by atoms with E-state index in [1.54, 1.807) is 0 Å². The van der Waals surface area contributed by atoms with Crippen LogP contribution in [0.5, 0.6) is 0 Å². The Kier molecular flexibility index (Phi) is 7.53. The molecule has 0 fully saturated rings. The maximum absolute atomic E-state index is 6.85. The van der Waals surface area contributed by atoms with Gasteiger partial charge >= 0.3 is 0 Å². The second-order valence-electron chi connectivity index (χ2n) is 14.5.